The van der Waals surface area contributed by atoms with Crippen molar-refractivity contribution in [2.75, 3.05) is 20.2 Å². The zero-order chi connectivity index (χ0) is 19.1. The smallest absolute Gasteiger partial charge is 0.249 e. The summed E-state index contributed by atoms with van der Waals surface area (Å²) in [5.41, 5.74) is 6.36. The molecule has 1 fully saturated rings. The maximum Gasteiger partial charge on any atom is 0.249 e. The van der Waals surface area contributed by atoms with Crippen LogP contribution in [-0.2, 0) is 4.79 Å². The number of ether oxygens (including phenoxy) is 1. The number of carbonyl (C=O) groups is 1. The summed E-state index contributed by atoms with van der Waals surface area (Å²) in [6.07, 6.45) is 6.30. The zero-order valence-corrected chi connectivity index (χ0v) is 15.9. The monoisotopic (exact) mass is 372 g/mol. The van der Waals surface area contributed by atoms with Crippen LogP contribution in [0.4, 0.5) is 0 Å². The number of benzene rings is 1. The molecule has 1 atom stereocenters. The van der Waals surface area contributed by atoms with Crippen LogP contribution in [0.2, 0.25) is 0 Å². The topological polar surface area (TPSA) is 94.5 Å². The summed E-state index contributed by atoms with van der Waals surface area (Å²) in [4.78, 5) is 19.2. The van der Waals surface area contributed by atoms with Crippen molar-refractivity contribution in [2.45, 2.75) is 51.0 Å². The Hall–Kier alpha value is -2.41. The van der Waals surface area contributed by atoms with Gasteiger partial charge in [-0.05, 0) is 50.8 Å². The van der Waals surface area contributed by atoms with Crippen LogP contribution in [0, 0.1) is 0 Å². The number of piperidine rings is 1. The minimum atomic E-state index is -0.132. The molecule has 27 heavy (non-hydrogen) atoms. The molecule has 0 spiro atoms. The lowest BCUT2D eigenvalue weighted by Crippen LogP contribution is -2.38. The zero-order valence-electron chi connectivity index (χ0n) is 15.9. The van der Waals surface area contributed by atoms with Crippen molar-refractivity contribution >= 4 is 5.91 Å². The summed E-state index contributed by atoms with van der Waals surface area (Å²) in [6, 6.07) is 7.42. The Bertz CT molecular complexity index is 746. The molecule has 0 bridgehead atoms. The molecule has 1 aliphatic rings. The molecule has 1 saturated heterocycles. The van der Waals surface area contributed by atoms with Crippen molar-refractivity contribution in [2.24, 2.45) is 5.73 Å². The van der Waals surface area contributed by atoms with Gasteiger partial charge in [-0.15, -0.1) is 0 Å². The Kier molecular flexibility index (Phi) is 6.81. The minimum absolute atomic E-state index is 0.132. The Morgan fingerprint density at radius 3 is 3.04 bits per heavy atom. The third kappa shape index (κ3) is 4.86. The molecular formula is C20H28N4O3. The maximum atomic E-state index is 12.7. The average molecular weight is 372 g/mol. The number of carbonyl (C=O) groups excluding carboxylic acids is 1. The van der Waals surface area contributed by atoms with Gasteiger partial charge in [0.15, 0.2) is 0 Å². The first kappa shape index (κ1) is 19.4. The first-order chi connectivity index (χ1) is 13.2. The summed E-state index contributed by atoms with van der Waals surface area (Å²) >= 11 is 0. The van der Waals surface area contributed by atoms with Crippen LogP contribution in [0.1, 0.15) is 56.9 Å². The van der Waals surface area contributed by atoms with Crippen LogP contribution in [0.25, 0.3) is 11.4 Å². The highest BCUT2D eigenvalue weighted by molar-refractivity contribution is 5.76. The molecule has 7 heteroatoms. The van der Waals surface area contributed by atoms with Crippen molar-refractivity contribution in [1.29, 1.82) is 0 Å². The van der Waals surface area contributed by atoms with E-state index in [4.69, 9.17) is 15.0 Å². The minimum Gasteiger partial charge on any atom is -0.497 e. The van der Waals surface area contributed by atoms with Gasteiger partial charge in [-0.25, -0.2) is 0 Å². The van der Waals surface area contributed by atoms with Gasteiger partial charge in [-0.3, -0.25) is 4.79 Å². The van der Waals surface area contributed by atoms with Gasteiger partial charge in [0.1, 0.15) is 11.8 Å². The molecule has 1 aliphatic heterocycles. The molecule has 1 unspecified atom stereocenters. The van der Waals surface area contributed by atoms with Gasteiger partial charge < -0.3 is 19.9 Å². The number of hydrogen-bond acceptors (Lipinski definition) is 6. The molecule has 0 aliphatic carbocycles. The van der Waals surface area contributed by atoms with Gasteiger partial charge in [-0.2, -0.15) is 4.98 Å². The van der Waals surface area contributed by atoms with Gasteiger partial charge in [0, 0.05) is 18.5 Å². The number of hydrogen-bond donors (Lipinski definition) is 1. The Morgan fingerprint density at radius 1 is 1.33 bits per heavy atom. The summed E-state index contributed by atoms with van der Waals surface area (Å²) < 4.78 is 10.8. The van der Waals surface area contributed by atoms with E-state index in [1.165, 1.54) is 0 Å². The summed E-state index contributed by atoms with van der Waals surface area (Å²) in [5, 5.41) is 4.12. The lowest BCUT2D eigenvalue weighted by molar-refractivity contribution is -0.135. The van der Waals surface area contributed by atoms with E-state index < -0.39 is 0 Å². The summed E-state index contributed by atoms with van der Waals surface area (Å²) in [5.74, 6) is 1.94. The first-order valence-electron chi connectivity index (χ1n) is 9.70. The van der Waals surface area contributed by atoms with Gasteiger partial charge in [0.2, 0.25) is 17.6 Å². The van der Waals surface area contributed by atoms with E-state index in [1.54, 1.807) is 7.11 Å². The van der Waals surface area contributed by atoms with E-state index in [0.29, 0.717) is 24.7 Å². The second kappa shape index (κ2) is 9.50. The molecule has 1 aromatic carbocycles. The molecule has 1 aromatic heterocycles. The highest BCUT2D eigenvalue weighted by Crippen LogP contribution is 2.32. The number of nitrogens with two attached hydrogens (primary N) is 1. The van der Waals surface area contributed by atoms with Crippen molar-refractivity contribution < 1.29 is 14.1 Å². The molecule has 146 valence electrons. The highest BCUT2D eigenvalue weighted by Gasteiger charge is 2.31. The van der Waals surface area contributed by atoms with Crippen LogP contribution >= 0.6 is 0 Å². The number of unbranched alkanes of at least 4 members (excludes halogenated alkanes) is 2. The number of amides is 1. The van der Waals surface area contributed by atoms with E-state index in [2.05, 4.69) is 10.1 Å². The fourth-order valence-electron chi connectivity index (χ4n) is 3.48. The summed E-state index contributed by atoms with van der Waals surface area (Å²) in [7, 11) is 1.62. The molecule has 2 aromatic rings. The van der Waals surface area contributed by atoms with E-state index in [9.17, 15) is 4.79 Å². The predicted octanol–water partition coefficient (Wildman–Crippen LogP) is 3.32. The standard InChI is InChI=1S/C20H28N4O3/c1-26-16-9-7-8-15(14-16)19-22-20(27-23-19)17-10-4-6-13-24(17)18(25)11-3-2-5-12-21/h7-9,14,17H,2-6,10-13,21H2,1H3. The molecular weight excluding hydrogens is 344 g/mol. The molecule has 0 saturated carbocycles. The molecule has 3 rings (SSSR count). The SMILES string of the molecule is COc1cccc(-c2noc(C3CCCCN3C(=O)CCCCCN)n2)c1. The van der Waals surface area contributed by atoms with E-state index in [0.717, 1.165) is 56.4 Å². The quantitative estimate of drug-likeness (QED) is 0.714. The van der Waals surface area contributed by atoms with Crippen LogP contribution in [-0.4, -0.2) is 41.1 Å². The lowest BCUT2D eigenvalue weighted by atomic mass is 10.0. The summed E-state index contributed by atoms with van der Waals surface area (Å²) in [6.45, 7) is 1.42. The number of likely N-dealkylation sites (tertiary alicyclic amines) is 1. The highest BCUT2D eigenvalue weighted by atomic mass is 16.5. The van der Waals surface area contributed by atoms with Gasteiger partial charge in [0.05, 0.1) is 7.11 Å². The largest absolute Gasteiger partial charge is 0.497 e. The number of nitrogens with zero attached hydrogens (tertiary/aromatic N) is 3. The second-order valence-electron chi connectivity index (χ2n) is 6.89. The Balaban J connectivity index is 1.71. The Morgan fingerprint density at radius 2 is 2.22 bits per heavy atom. The molecule has 2 heterocycles. The van der Waals surface area contributed by atoms with Gasteiger partial charge in [-0.1, -0.05) is 23.7 Å². The second-order valence-corrected chi connectivity index (χ2v) is 6.89. The predicted molar refractivity (Wildman–Crippen MR) is 102 cm³/mol. The third-order valence-corrected chi connectivity index (χ3v) is 4.97. The van der Waals surface area contributed by atoms with Crippen LogP contribution in [0.15, 0.2) is 28.8 Å². The van der Waals surface area contributed by atoms with E-state index in [-0.39, 0.29) is 11.9 Å². The first-order valence-corrected chi connectivity index (χ1v) is 9.70. The molecule has 0 radical (unpaired) electrons. The normalized spacial score (nSPS) is 17.1. The Labute approximate surface area is 159 Å². The molecule has 2 N–H and O–H groups in total. The van der Waals surface area contributed by atoms with Gasteiger partial charge in [0.25, 0.3) is 0 Å². The molecule has 7 nitrogen and oxygen atoms in total. The van der Waals surface area contributed by atoms with Crippen molar-refractivity contribution in [1.82, 2.24) is 15.0 Å². The fraction of sp³-hybridized carbons (Fsp3) is 0.550. The van der Waals surface area contributed by atoms with E-state index >= 15 is 0 Å². The van der Waals surface area contributed by atoms with Crippen molar-refractivity contribution in [3.8, 4) is 17.1 Å². The van der Waals surface area contributed by atoms with Crippen LogP contribution in [0.3, 0.4) is 0 Å². The maximum absolute atomic E-state index is 12.7. The number of methoxy groups -OCH3 is 1. The van der Waals surface area contributed by atoms with E-state index in [1.807, 2.05) is 29.2 Å². The van der Waals surface area contributed by atoms with Crippen molar-refractivity contribution in [3.05, 3.63) is 30.2 Å². The van der Waals surface area contributed by atoms with Crippen molar-refractivity contribution in [3.63, 3.8) is 0 Å². The third-order valence-electron chi connectivity index (χ3n) is 4.97. The number of rotatable bonds is 8. The average Bonchev–Trinajstić information content (AvgIpc) is 3.21. The fourth-order valence-corrected chi connectivity index (χ4v) is 3.48. The molecule has 1 amide bonds. The van der Waals surface area contributed by atoms with Crippen LogP contribution in [0.5, 0.6) is 5.75 Å². The lowest BCUT2D eigenvalue weighted by Gasteiger charge is -2.33. The van der Waals surface area contributed by atoms with Crippen LogP contribution < -0.4 is 10.5 Å². The van der Waals surface area contributed by atoms with Gasteiger partial charge >= 0.3 is 0 Å². The number of aromatic nitrogens is 2.